The van der Waals surface area contributed by atoms with Gasteiger partial charge in [-0.2, -0.15) is 4.39 Å². The maximum Gasteiger partial charge on any atom is 0.516 e. The molecule has 1 aromatic rings. The van der Waals surface area contributed by atoms with Gasteiger partial charge in [0.15, 0.2) is 6.67 Å². The Hall–Kier alpha value is -1.65. The van der Waals surface area contributed by atoms with Crippen LogP contribution in [-0.2, 0) is 4.74 Å². The molecule has 1 rings (SSSR count). The molecule has 0 spiro atoms. The molecular weight excluding hydrogens is 194 g/mol. The second-order valence-electron chi connectivity index (χ2n) is 2.35. The summed E-state index contributed by atoms with van der Waals surface area (Å²) in [5, 5.41) is 0. The highest BCUT2D eigenvalue weighted by Gasteiger charge is 2.13. The van der Waals surface area contributed by atoms with Gasteiger partial charge in [0.25, 0.3) is 6.36 Å². The van der Waals surface area contributed by atoms with E-state index in [1.165, 1.54) is 12.1 Å². The molecule has 0 aliphatic carbocycles. The zero-order valence-corrected chi connectivity index (χ0v) is 7.15. The van der Waals surface area contributed by atoms with Gasteiger partial charge in [0.05, 0.1) is 0 Å². The van der Waals surface area contributed by atoms with Crippen molar-refractivity contribution >= 4 is 6.16 Å². The van der Waals surface area contributed by atoms with Gasteiger partial charge in [-0.05, 0) is 12.1 Å². The zero-order chi connectivity index (χ0) is 10.4. The molecule has 0 aliphatic rings. The number of ether oxygens (including phenoxy) is 2. The zero-order valence-electron chi connectivity index (χ0n) is 7.15. The summed E-state index contributed by atoms with van der Waals surface area (Å²) in [5.74, 6) is 0.212. The average Bonchev–Trinajstić information content (AvgIpc) is 2.19. The van der Waals surface area contributed by atoms with Crippen molar-refractivity contribution < 1.29 is 23.0 Å². The third-order valence-corrected chi connectivity index (χ3v) is 1.29. The number of rotatable bonds is 3. The number of hydrogen-bond donors (Lipinski definition) is 0. The van der Waals surface area contributed by atoms with Crippen LogP contribution in [-0.4, -0.2) is 19.2 Å². The Balaban J connectivity index is 2.42. The quantitative estimate of drug-likeness (QED) is 0.557. The summed E-state index contributed by atoms with van der Waals surface area (Å²) in [6.07, 6.45) is -3.53. The second-order valence-corrected chi connectivity index (χ2v) is 2.35. The van der Waals surface area contributed by atoms with Crippen LogP contribution in [0.1, 0.15) is 0 Å². The fourth-order valence-electron chi connectivity index (χ4n) is 0.745. The topological polar surface area (TPSA) is 35.5 Å². The summed E-state index contributed by atoms with van der Waals surface area (Å²) in [7, 11) is 0. The summed E-state index contributed by atoms with van der Waals surface area (Å²) < 4.78 is 32.2. The summed E-state index contributed by atoms with van der Waals surface area (Å²) in [5.41, 5.74) is 0. The second kappa shape index (κ2) is 5.16. The van der Waals surface area contributed by atoms with Gasteiger partial charge in [0.2, 0.25) is 0 Å². The minimum absolute atomic E-state index is 0.212. The van der Waals surface area contributed by atoms with Crippen LogP contribution >= 0.6 is 0 Å². The van der Waals surface area contributed by atoms with Crippen LogP contribution in [0.15, 0.2) is 30.3 Å². The van der Waals surface area contributed by atoms with Gasteiger partial charge in [-0.15, -0.1) is 0 Å². The van der Waals surface area contributed by atoms with Crippen molar-refractivity contribution in [1.29, 1.82) is 0 Å². The number of hydrogen-bond acceptors (Lipinski definition) is 3. The summed E-state index contributed by atoms with van der Waals surface area (Å²) in [6, 6.07) is 7.96. The van der Waals surface area contributed by atoms with Crippen LogP contribution in [0, 0.1) is 0 Å². The number of para-hydroxylation sites is 1. The molecule has 0 amide bonds. The van der Waals surface area contributed by atoms with Crippen LogP contribution in [0.2, 0.25) is 0 Å². The molecule has 14 heavy (non-hydrogen) atoms. The van der Waals surface area contributed by atoms with Crippen LogP contribution in [0.3, 0.4) is 0 Å². The van der Waals surface area contributed by atoms with E-state index < -0.39 is 19.2 Å². The molecule has 0 fully saturated rings. The molecule has 0 N–H and O–H groups in total. The normalized spacial score (nSPS) is 11.9. The van der Waals surface area contributed by atoms with E-state index in [0.717, 1.165) is 0 Å². The average molecular weight is 202 g/mol. The van der Waals surface area contributed by atoms with E-state index in [0.29, 0.717) is 0 Å². The Morgan fingerprint density at radius 1 is 1.36 bits per heavy atom. The predicted octanol–water partition coefficient (Wildman–Crippen LogP) is 2.47. The monoisotopic (exact) mass is 202 g/mol. The highest BCUT2D eigenvalue weighted by atomic mass is 19.2. The smallest absolute Gasteiger partial charge is 0.396 e. The SMILES string of the molecule is O=C(Oc1ccccc1)OC(F)CF. The minimum atomic E-state index is -2.27. The van der Waals surface area contributed by atoms with Gasteiger partial charge in [-0.3, -0.25) is 0 Å². The van der Waals surface area contributed by atoms with E-state index in [1.54, 1.807) is 18.2 Å². The number of halogens is 2. The van der Waals surface area contributed by atoms with E-state index in [-0.39, 0.29) is 5.75 Å². The number of alkyl halides is 2. The predicted molar refractivity (Wildman–Crippen MR) is 44.4 cm³/mol. The molecule has 1 unspecified atom stereocenters. The molecule has 5 heteroatoms. The number of benzene rings is 1. The Kier molecular flexibility index (Phi) is 3.84. The first-order chi connectivity index (χ1) is 6.72. The van der Waals surface area contributed by atoms with Crippen molar-refractivity contribution in [3.63, 3.8) is 0 Å². The van der Waals surface area contributed by atoms with E-state index in [9.17, 15) is 13.6 Å². The van der Waals surface area contributed by atoms with Gasteiger partial charge in [-0.1, -0.05) is 18.2 Å². The molecule has 3 nitrogen and oxygen atoms in total. The summed E-state index contributed by atoms with van der Waals surface area (Å²) in [6.45, 7) is -1.39. The molecule has 0 aromatic heterocycles. The molecule has 0 aliphatic heterocycles. The molecule has 0 saturated heterocycles. The highest BCUT2D eigenvalue weighted by molar-refractivity contribution is 5.63. The Labute approximate surface area is 79.2 Å². The lowest BCUT2D eigenvalue weighted by Gasteiger charge is -2.06. The Morgan fingerprint density at radius 3 is 2.57 bits per heavy atom. The van der Waals surface area contributed by atoms with Crippen LogP contribution in [0.4, 0.5) is 13.6 Å². The minimum Gasteiger partial charge on any atom is -0.396 e. The fraction of sp³-hybridized carbons (Fsp3) is 0.222. The first-order valence-electron chi connectivity index (χ1n) is 3.86. The van der Waals surface area contributed by atoms with Crippen molar-refractivity contribution in [2.45, 2.75) is 6.36 Å². The maximum absolute atomic E-state index is 12.2. The standard InChI is InChI=1S/C9H8F2O3/c10-6-8(11)14-9(12)13-7-4-2-1-3-5-7/h1-5,8H,6H2. The lowest BCUT2D eigenvalue weighted by Crippen LogP contribution is -2.18. The fourth-order valence-corrected chi connectivity index (χ4v) is 0.745. The molecule has 76 valence electrons. The first kappa shape index (κ1) is 10.4. The van der Waals surface area contributed by atoms with E-state index in [2.05, 4.69) is 9.47 Å². The Morgan fingerprint density at radius 2 is 2.00 bits per heavy atom. The van der Waals surface area contributed by atoms with Crippen molar-refractivity contribution in [2.24, 2.45) is 0 Å². The lowest BCUT2D eigenvalue weighted by atomic mass is 10.3. The van der Waals surface area contributed by atoms with Crippen LogP contribution in [0.25, 0.3) is 0 Å². The Bertz CT molecular complexity index is 289. The lowest BCUT2D eigenvalue weighted by molar-refractivity contribution is -0.0231. The number of carbonyl (C=O) groups is 1. The van der Waals surface area contributed by atoms with Crippen molar-refractivity contribution in [3.05, 3.63) is 30.3 Å². The molecule has 1 atom stereocenters. The molecular formula is C9H8F2O3. The molecule has 0 saturated carbocycles. The van der Waals surface area contributed by atoms with Crippen molar-refractivity contribution in [2.75, 3.05) is 6.67 Å². The van der Waals surface area contributed by atoms with E-state index in [1.807, 2.05) is 0 Å². The van der Waals surface area contributed by atoms with Crippen LogP contribution in [0.5, 0.6) is 5.75 Å². The van der Waals surface area contributed by atoms with Crippen LogP contribution < -0.4 is 4.74 Å². The third-order valence-electron chi connectivity index (χ3n) is 1.29. The third kappa shape index (κ3) is 3.38. The summed E-state index contributed by atoms with van der Waals surface area (Å²) >= 11 is 0. The molecule has 0 radical (unpaired) electrons. The first-order valence-corrected chi connectivity index (χ1v) is 3.86. The molecule has 1 aromatic carbocycles. The van der Waals surface area contributed by atoms with Gasteiger partial charge >= 0.3 is 6.16 Å². The molecule has 0 bridgehead atoms. The molecule has 0 heterocycles. The van der Waals surface area contributed by atoms with Crippen molar-refractivity contribution in [1.82, 2.24) is 0 Å². The highest BCUT2D eigenvalue weighted by Crippen LogP contribution is 2.10. The summed E-state index contributed by atoms with van der Waals surface area (Å²) in [4.78, 5) is 10.7. The van der Waals surface area contributed by atoms with Gasteiger partial charge in [0.1, 0.15) is 5.75 Å². The van der Waals surface area contributed by atoms with Gasteiger partial charge < -0.3 is 9.47 Å². The number of carbonyl (C=O) groups excluding carboxylic acids is 1. The largest absolute Gasteiger partial charge is 0.516 e. The van der Waals surface area contributed by atoms with Gasteiger partial charge in [0, 0.05) is 0 Å². The van der Waals surface area contributed by atoms with E-state index in [4.69, 9.17) is 0 Å². The maximum atomic E-state index is 12.2. The van der Waals surface area contributed by atoms with Crippen molar-refractivity contribution in [3.8, 4) is 5.75 Å². The van der Waals surface area contributed by atoms with Gasteiger partial charge in [-0.25, -0.2) is 9.18 Å². The van der Waals surface area contributed by atoms with E-state index >= 15 is 0 Å².